The second kappa shape index (κ2) is 6.56. The number of halogens is 1. The molecule has 0 saturated carbocycles. The molecule has 2 rings (SSSR count). The summed E-state index contributed by atoms with van der Waals surface area (Å²) in [6, 6.07) is 12.6. The minimum absolute atomic E-state index is 0.190. The quantitative estimate of drug-likeness (QED) is 0.793. The molecule has 102 valence electrons. The Hall–Kier alpha value is -1.56. The first-order valence-corrected chi connectivity index (χ1v) is 7.09. The Morgan fingerprint density at radius 1 is 1.05 bits per heavy atom. The third-order valence-corrected chi connectivity index (χ3v) is 3.18. The summed E-state index contributed by atoms with van der Waals surface area (Å²) in [4.78, 5) is -0.190. The number of hydrogen-bond donors (Lipinski definition) is 2. The van der Waals surface area contributed by atoms with Crippen molar-refractivity contribution in [2.75, 3.05) is 0 Å². The van der Waals surface area contributed by atoms with Crippen LogP contribution in [0.5, 0.6) is 5.75 Å². The average molecular weight is 301 g/mol. The second-order valence-corrected chi connectivity index (χ2v) is 5.63. The Bertz CT molecular complexity index is 636. The first kappa shape index (κ1) is 15.5. The average Bonchev–Trinajstić information content (AvgIpc) is 2.28. The van der Waals surface area contributed by atoms with Gasteiger partial charge in [0.05, 0.1) is 4.90 Å². The van der Waals surface area contributed by atoms with Crippen molar-refractivity contribution in [2.24, 2.45) is 0 Å². The molecule has 0 unspecified atom stereocenters. The van der Waals surface area contributed by atoms with E-state index in [1.807, 2.05) is 19.1 Å². The van der Waals surface area contributed by atoms with Gasteiger partial charge < -0.3 is 5.11 Å². The maximum Gasteiger partial charge on any atom is 0.294 e. The van der Waals surface area contributed by atoms with Crippen LogP contribution in [0.1, 0.15) is 5.56 Å². The zero-order valence-corrected chi connectivity index (χ0v) is 11.7. The fraction of sp³-hybridized carbons (Fsp3) is 0.0769. The number of benzene rings is 2. The van der Waals surface area contributed by atoms with Crippen molar-refractivity contribution in [3.63, 3.8) is 0 Å². The van der Waals surface area contributed by atoms with Crippen LogP contribution in [-0.2, 0) is 10.1 Å². The fourth-order valence-electron chi connectivity index (χ4n) is 1.26. The lowest BCUT2D eigenvalue weighted by Gasteiger charge is -1.95. The lowest BCUT2D eigenvalue weighted by Crippen LogP contribution is -1.96. The number of aryl methyl sites for hydroxylation is 1. The van der Waals surface area contributed by atoms with Crippen LogP contribution < -0.4 is 0 Å². The summed E-state index contributed by atoms with van der Waals surface area (Å²) in [5.74, 6) is 0.338. The van der Waals surface area contributed by atoms with Crippen LogP contribution in [0.4, 0.5) is 0 Å². The summed E-state index contributed by atoms with van der Waals surface area (Å²) >= 11 is 5.48. The van der Waals surface area contributed by atoms with Gasteiger partial charge in [0, 0.05) is 5.02 Å². The summed E-state index contributed by atoms with van der Waals surface area (Å²) in [6.45, 7) is 1.94. The number of aromatic hydroxyl groups is 1. The van der Waals surface area contributed by atoms with Gasteiger partial charge in [0.1, 0.15) is 5.75 Å². The van der Waals surface area contributed by atoms with Gasteiger partial charge in [-0.25, -0.2) is 0 Å². The Kier molecular flexibility index (Phi) is 5.35. The summed E-state index contributed by atoms with van der Waals surface area (Å²) in [7, 11) is -4.11. The molecule has 0 amide bonds. The van der Waals surface area contributed by atoms with Crippen molar-refractivity contribution in [1.29, 1.82) is 0 Å². The van der Waals surface area contributed by atoms with Crippen molar-refractivity contribution >= 4 is 21.7 Å². The molecule has 0 radical (unpaired) electrons. The van der Waals surface area contributed by atoms with Crippen LogP contribution in [0.15, 0.2) is 53.4 Å². The van der Waals surface area contributed by atoms with Crippen molar-refractivity contribution in [1.82, 2.24) is 0 Å². The maximum atomic E-state index is 10.5. The number of hydrogen-bond acceptors (Lipinski definition) is 3. The Morgan fingerprint density at radius 2 is 1.68 bits per heavy atom. The number of phenolic OH excluding ortho intramolecular Hbond substituents is 1. The lowest BCUT2D eigenvalue weighted by molar-refractivity contribution is 0.475. The molecule has 0 heterocycles. The zero-order valence-electron chi connectivity index (χ0n) is 10.1. The molecule has 0 aromatic heterocycles. The molecule has 4 nitrogen and oxygen atoms in total. The van der Waals surface area contributed by atoms with Crippen LogP contribution in [0.2, 0.25) is 5.02 Å². The van der Waals surface area contributed by atoms with E-state index in [2.05, 4.69) is 0 Å². The molecule has 19 heavy (non-hydrogen) atoms. The highest BCUT2D eigenvalue weighted by molar-refractivity contribution is 7.85. The van der Waals surface area contributed by atoms with Gasteiger partial charge in [-0.2, -0.15) is 8.42 Å². The molecule has 0 aliphatic rings. The van der Waals surface area contributed by atoms with Crippen molar-refractivity contribution in [2.45, 2.75) is 11.8 Å². The molecule has 0 aliphatic heterocycles. The molecule has 0 fully saturated rings. The van der Waals surface area contributed by atoms with Crippen molar-refractivity contribution in [3.8, 4) is 5.75 Å². The lowest BCUT2D eigenvalue weighted by atomic mass is 10.2. The maximum absolute atomic E-state index is 10.5. The Labute approximate surface area is 117 Å². The zero-order chi connectivity index (χ0) is 14.5. The first-order chi connectivity index (χ1) is 8.79. The molecular weight excluding hydrogens is 288 g/mol. The predicted octanol–water partition coefficient (Wildman–Crippen LogP) is 3.29. The van der Waals surface area contributed by atoms with E-state index in [-0.39, 0.29) is 9.92 Å². The Morgan fingerprint density at radius 3 is 2.05 bits per heavy atom. The molecule has 0 spiro atoms. The van der Waals surface area contributed by atoms with Crippen LogP contribution in [0.25, 0.3) is 0 Å². The second-order valence-electron chi connectivity index (χ2n) is 3.77. The van der Waals surface area contributed by atoms with E-state index in [1.165, 1.54) is 24.3 Å². The normalized spacial score (nSPS) is 10.5. The highest BCUT2D eigenvalue weighted by Crippen LogP contribution is 2.14. The minimum Gasteiger partial charge on any atom is -0.508 e. The standard InChI is InChI=1S/C7H8O.C6H5ClO3S/c1-6-3-2-4-7(8)5-6;7-5-2-1-3-6(4-5)11(8,9)10/h2-5,8H,1H3;1-4H,(H,8,9,10). The third-order valence-electron chi connectivity index (χ3n) is 2.10. The summed E-state index contributed by atoms with van der Waals surface area (Å²) < 4.78 is 29.5. The molecular formula is C13H13ClO4S. The molecule has 0 bridgehead atoms. The van der Waals surface area contributed by atoms with E-state index in [1.54, 1.807) is 12.1 Å². The highest BCUT2D eigenvalue weighted by atomic mass is 35.5. The smallest absolute Gasteiger partial charge is 0.294 e. The van der Waals surface area contributed by atoms with E-state index in [0.29, 0.717) is 5.75 Å². The van der Waals surface area contributed by atoms with Gasteiger partial charge in [0.2, 0.25) is 0 Å². The van der Waals surface area contributed by atoms with Gasteiger partial charge in [0.15, 0.2) is 0 Å². The molecule has 0 saturated heterocycles. The third kappa shape index (κ3) is 5.74. The van der Waals surface area contributed by atoms with Gasteiger partial charge >= 0.3 is 0 Å². The monoisotopic (exact) mass is 300 g/mol. The summed E-state index contributed by atoms with van der Waals surface area (Å²) in [5.41, 5.74) is 1.09. The van der Waals surface area contributed by atoms with Gasteiger partial charge in [0.25, 0.3) is 10.1 Å². The molecule has 2 aromatic rings. The van der Waals surface area contributed by atoms with Crippen LogP contribution in [-0.4, -0.2) is 18.1 Å². The van der Waals surface area contributed by atoms with Gasteiger partial charge in [-0.3, -0.25) is 4.55 Å². The van der Waals surface area contributed by atoms with Gasteiger partial charge in [-0.15, -0.1) is 0 Å². The first-order valence-electron chi connectivity index (χ1n) is 5.28. The van der Waals surface area contributed by atoms with Crippen LogP contribution >= 0.6 is 11.6 Å². The van der Waals surface area contributed by atoms with E-state index >= 15 is 0 Å². The largest absolute Gasteiger partial charge is 0.508 e. The van der Waals surface area contributed by atoms with Gasteiger partial charge in [-0.05, 0) is 42.8 Å². The highest BCUT2D eigenvalue weighted by Gasteiger charge is 2.07. The van der Waals surface area contributed by atoms with Crippen molar-refractivity contribution in [3.05, 3.63) is 59.1 Å². The van der Waals surface area contributed by atoms with Gasteiger partial charge in [-0.1, -0.05) is 29.8 Å². The van der Waals surface area contributed by atoms with Crippen molar-refractivity contribution < 1.29 is 18.1 Å². The number of rotatable bonds is 1. The minimum atomic E-state index is -4.11. The van der Waals surface area contributed by atoms with Crippen LogP contribution in [0, 0.1) is 6.92 Å². The molecule has 0 atom stereocenters. The summed E-state index contributed by atoms with van der Waals surface area (Å²) in [5, 5.41) is 9.09. The summed E-state index contributed by atoms with van der Waals surface area (Å²) in [6.07, 6.45) is 0. The molecule has 2 aromatic carbocycles. The number of phenols is 1. The molecule has 6 heteroatoms. The van der Waals surface area contributed by atoms with E-state index in [9.17, 15) is 8.42 Å². The van der Waals surface area contributed by atoms with Crippen LogP contribution in [0.3, 0.4) is 0 Å². The predicted molar refractivity (Wildman–Crippen MR) is 74.1 cm³/mol. The van der Waals surface area contributed by atoms with E-state index in [0.717, 1.165) is 5.56 Å². The Balaban J connectivity index is 0.000000200. The molecule has 2 N–H and O–H groups in total. The van der Waals surface area contributed by atoms with E-state index < -0.39 is 10.1 Å². The molecule has 0 aliphatic carbocycles. The topological polar surface area (TPSA) is 74.6 Å². The SMILES string of the molecule is Cc1cccc(O)c1.O=S(=O)(O)c1cccc(Cl)c1. The van der Waals surface area contributed by atoms with E-state index in [4.69, 9.17) is 21.3 Å². The fourth-order valence-corrected chi connectivity index (χ4v) is 2.04.